The molecule has 1 aromatic carbocycles. The lowest BCUT2D eigenvalue weighted by atomic mass is 10.0. The van der Waals surface area contributed by atoms with Crippen molar-refractivity contribution in [1.82, 2.24) is 19.5 Å². The van der Waals surface area contributed by atoms with Gasteiger partial charge in [0.2, 0.25) is 15.6 Å². The molecule has 8 nitrogen and oxygen atoms in total. The number of piperidine rings is 1. The van der Waals surface area contributed by atoms with Crippen molar-refractivity contribution in [3.63, 3.8) is 0 Å². The number of carbonyl (C=O) groups excluding carboxylic acids is 1. The molecule has 0 unspecified atom stereocenters. The van der Waals surface area contributed by atoms with Gasteiger partial charge in [-0.25, -0.2) is 8.42 Å². The third-order valence-corrected chi connectivity index (χ3v) is 8.39. The second-order valence-electron chi connectivity index (χ2n) is 9.26. The van der Waals surface area contributed by atoms with Crippen LogP contribution in [0.25, 0.3) is 10.9 Å². The molecule has 1 saturated heterocycles. The summed E-state index contributed by atoms with van der Waals surface area (Å²) in [6, 6.07) is 5.83. The van der Waals surface area contributed by atoms with Crippen LogP contribution in [0.2, 0.25) is 0 Å². The molecule has 1 fully saturated rings. The maximum atomic E-state index is 13.3. The molecule has 0 aliphatic carbocycles. The number of aromatic amines is 1. The van der Waals surface area contributed by atoms with E-state index in [-0.39, 0.29) is 16.4 Å². The molecule has 0 radical (unpaired) electrons. The SMILES string of the molecule is CCCCN(CC)CCCNC(=O)c1cc(=O)[nH]c2ccc(S(=O)(=O)N3CCC[C@@H](C)C3)cc12. The molecule has 1 atom stereocenters. The quantitative estimate of drug-likeness (QED) is 0.471. The highest BCUT2D eigenvalue weighted by Crippen LogP contribution is 2.26. The van der Waals surface area contributed by atoms with E-state index in [1.165, 1.54) is 22.5 Å². The third kappa shape index (κ3) is 6.46. The van der Waals surface area contributed by atoms with Gasteiger partial charge in [-0.2, -0.15) is 4.31 Å². The van der Waals surface area contributed by atoms with Crippen LogP contribution in [0.4, 0.5) is 0 Å². The summed E-state index contributed by atoms with van der Waals surface area (Å²) in [6.07, 6.45) is 4.96. The highest BCUT2D eigenvalue weighted by Gasteiger charge is 2.29. The van der Waals surface area contributed by atoms with Crippen LogP contribution in [0.15, 0.2) is 34.0 Å². The minimum atomic E-state index is -3.68. The van der Waals surface area contributed by atoms with Crippen molar-refractivity contribution in [2.45, 2.75) is 57.8 Å². The highest BCUT2D eigenvalue weighted by atomic mass is 32.2. The van der Waals surface area contributed by atoms with E-state index in [1.54, 1.807) is 6.07 Å². The minimum Gasteiger partial charge on any atom is -0.352 e. The summed E-state index contributed by atoms with van der Waals surface area (Å²) in [5, 5.41) is 3.33. The van der Waals surface area contributed by atoms with E-state index in [4.69, 9.17) is 0 Å². The molecule has 9 heteroatoms. The number of sulfonamides is 1. The number of hydrogen-bond acceptors (Lipinski definition) is 5. The van der Waals surface area contributed by atoms with Crippen LogP contribution in [0.3, 0.4) is 0 Å². The predicted molar refractivity (Wildman–Crippen MR) is 136 cm³/mol. The second kappa shape index (κ2) is 12.0. The third-order valence-electron chi connectivity index (χ3n) is 6.53. The van der Waals surface area contributed by atoms with E-state index in [9.17, 15) is 18.0 Å². The fourth-order valence-corrected chi connectivity index (χ4v) is 6.13. The van der Waals surface area contributed by atoms with Crippen LogP contribution in [-0.4, -0.2) is 67.8 Å². The fourth-order valence-electron chi connectivity index (χ4n) is 4.50. The van der Waals surface area contributed by atoms with E-state index in [0.29, 0.717) is 36.5 Å². The molecular formula is C25H38N4O4S. The number of hydrogen-bond donors (Lipinski definition) is 2. The van der Waals surface area contributed by atoms with Gasteiger partial charge in [-0.05, 0) is 69.4 Å². The topological polar surface area (TPSA) is 103 Å². The van der Waals surface area contributed by atoms with Crippen LogP contribution >= 0.6 is 0 Å². The zero-order valence-corrected chi connectivity index (χ0v) is 21.4. The van der Waals surface area contributed by atoms with E-state index in [1.807, 2.05) is 0 Å². The van der Waals surface area contributed by atoms with Crippen LogP contribution < -0.4 is 10.9 Å². The van der Waals surface area contributed by atoms with Gasteiger partial charge in [-0.3, -0.25) is 9.59 Å². The number of amides is 1. The van der Waals surface area contributed by atoms with Gasteiger partial charge in [-0.1, -0.05) is 27.2 Å². The zero-order valence-electron chi connectivity index (χ0n) is 20.6. The number of rotatable bonds is 11. The smallest absolute Gasteiger partial charge is 0.252 e. The van der Waals surface area contributed by atoms with Crippen LogP contribution in [0.1, 0.15) is 63.2 Å². The number of nitrogens with zero attached hydrogens (tertiary/aromatic N) is 2. The monoisotopic (exact) mass is 490 g/mol. The van der Waals surface area contributed by atoms with Gasteiger partial charge in [0.05, 0.1) is 10.5 Å². The molecule has 3 rings (SSSR count). The summed E-state index contributed by atoms with van der Waals surface area (Å²) >= 11 is 0. The highest BCUT2D eigenvalue weighted by molar-refractivity contribution is 7.89. The lowest BCUT2D eigenvalue weighted by Gasteiger charge is -2.30. The number of carbonyl (C=O) groups is 1. The first kappa shape index (κ1) is 26.4. The Bertz CT molecular complexity index is 1150. The van der Waals surface area contributed by atoms with Crippen LogP contribution in [0, 0.1) is 5.92 Å². The average molecular weight is 491 g/mol. The van der Waals surface area contributed by atoms with Gasteiger partial charge >= 0.3 is 0 Å². The molecule has 1 aliphatic heterocycles. The first-order valence-electron chi connectivity index (χ1n) is 12.4. The molecule has 1 aliphatic rings. The standard InChI is InChI=1S/C25H38N4O4S/c1-4-6-13-28(5-2)14-8-12-26-25(31)22-17-24(30)27-23-11-10-20(16-21(22)23)34(32,33)29-15-7-9-19(3)18-29/h10-11,16-17,19H,4-9,12-15,18H2,1-3H3,(H,26,31)(H,27,30)/t19-/m1/s1. The van der Waals surface area contributed by atoms with Gasteiger partial charge in [0.1, 0.15) is 0 Å². The van der Waals surface area contributed by atoms with E-state index >= 15 is 0 Å². The Morgan fingerprint density at radius 1 is 1.21 bits per heavy atom. The van der Waals surface area contributed by atoms with Crippen molar-refractivity contribution in [3.05, 3.63) is 40.2 Å². The number of H-pyrrole nitrogens is 1. The Labute approximate surface area is 202 Å². The van der Waals surface area contributed by atoms with Gasteiger partial charge in [0.25, 0.3) is 5.91 Å². The first-order chi connectivity index (χ1) is 16.3. The Morgan fingerprint density at radius 2 is 1.97 bits per heavy atom. The first-order valence-corrected chi connectivity index (χ1v) is 13.9. The number of benzene rings is 1. The molecule has 2 N–H and O–H groups in total. The normalized spacial score (nSPS) is 17.4. The van der Waals surface area contributed by atoms with E-state index in [0.717, 1.165) is 51.7 Å². The Hall–Kier alpha value is -2.23. The Morgan fingerprint density at radius 3 is 2.68 bits per heavy atom. The maximum Gasteiger partial charge on any atom is 0.252 e. The molecule has 188 valence electrons. The number of pyridine rings is 1. The van der Waals surface area contributed by atoms with Crippen molar-refractivity contribution >= 4 is 26.8 Å². The van der Waals surface area contributed by atoms with E-state index < -0.39 is 15.6 Å². The van der Waals surface area contributed by atoms with Gasteiger partial charge in [0, 0.05) is 36.6 Å². The molecule has 34 heavy (non-hydrogen) atoms. The van der Waals surface area contributed by atoms with Gasteiger partial charge in [-0.15, -0.1) is 0 Å². The summed E-state index contributed by atoms with van der Waals surface area (Å²) in [6.45, 7) is 10.7. The van der Waals surface area contributed by atoms with Crippen LogP contribution in [0.5, 0.6) is 0 Å². The lowest BCUT2D eigenvalue weighted by Crippen LogP contribution is -2.39. The molecule has 2 aromatic rings. The van der Waals surface area contributed by atoms with Crippen LogP contribution in [-0.2, 0) is 10.0 Å². The molecule has 1 amide bonds. The Kier molecular flexibility index (Phi) is 9.27. The summed E-state index contributed by atoms with van der Waals surface area (Å²) in [4.78, 5) is 30.3. The van der Waals surface area contributed by atoms with Crippen molar-refractivity contribution in [2.24, 2.45) is 5.92 Å². The van der Waals surface area contributed by atoms with Crippen molar-refractivity contribution in [1.29, 1.82) is 0 Å². The fraction of sp³-hybridized carbons (Fsp3) is 0.600. The summed E-state index contributed by atoms with van der Waals surface area (Å²) in [7, 11) is -3.68. The molecule has 0 bridgehead atoms. The summed E-state index contributed by atoms with van der Waals surface area (Å²) < 4.78 is 28.0. The number of aromatic nitrogens is 1. The predicted octanol–water partition coefficient (Wildman–Crippen LogP) is 3.19. The summed E-state index contributed by atoms with van der Waals surface area (Å²) in [5.74, 6) is -0.0545. The number of fused-ring (bicyclic) bond motifs is 1. The molecular weight excluding hydrogens is 452 g/mol. The van der Waals surface area contributed by atoms with Crippen molar-refractivity contribution < 1.29 is 13.2 Å². The number of nitrogens with one attached hydrogen (secondary N) is 2. The second-order valence-corrected chi connectivity index (χ2v) is 11.2. The minimum absolute atomic E-state index is 0.143. The average Bonchev–Trinajstić information content (AvgIpc) is 2.82. The molecule has 2 heterocycles. The maximum absolute atomic E-state index is 13.3. The molecule has 0 saturated carbocycles. The van der Waals surface area contributed by atoms with Crippen molar-refractivity contribution in [2.75, 3.05) is 39.3 Å². The largest absolute Gasteiger partial charge is 0.352 e. The van der Waals surface area contributed by atoms with Gasteiger partial charge < -0.3 is 15.2 Å². The van der Waals surface area contributed by atoms with Gasteiger partial charge in [0.15, 0.2) is 0 Å². The number of unbranched alkanes of at least 4 members (excludes halogenated alkanes) is 1. The van der Waals surface area contributed by atoms with Crippen molar-refractivity contribution in [3.8, 4) is 0 Å². The molecule has 1 aromatic heterocycles. The molecule has 0 spiro atoms. The zero-order chi connectivity index (χ0) is 24.7. The Balaban J connectivity index is 1.78. The summed E-state index contributed by atoms with van der Waals surface area (Å²) in [5.41, 5.74) is 0.247. The lowest BCUT2D eigenvalue weighted by molar-refractivity contribution is 0.0953. The van der Waals surface area contributed by atoms with E-state index in [2.05, 4.69) is 36.0 Å².